The first-order chi connectivity index (χ1) is 18.8. The van der Waals surface area contributed by atoms with E-state index in [1.165, 1.54) is 30.3 Å². The van der Waals surface area contributed by atoms with Crippen molar-refractivity contribution in [3.63, 3.8) is 0 Å². The molecule has 1 unspecified atom stereocenters. The summed E-state index contributed by atoms with van der Waals surface area (Å²) in [5.74, 6) is -6.65. The highest BCUT2D eigenvalue weighted by molar-refractivity contribution is 5.72. The van der Waals surface area contributed by atoms with Crippen molar-refractivity contribution in [3.8, 4) is 16.9 Å². The van der Waals surface area contributed by atoms with Gasteiger partial charge in [0.25, 0.3) is 0 Å². The molecule has 0 amide bonds. The summed E-state index contributed by atoms with van der Waals surface area (Å²) in [7, 11) is 0. The summed E-state index contributed by atoms with van der Waals surface area (Å²) in [5.41, 5.74) is 0.477. The summed E-state index contributed by atoms with van der Waals surface area (Å²) >= 11 is 0. The molecule has 0 bridgehead atoms. The van der Waals surface area contributed by atoms with Crippen molar-refractivity contribution >= 4 is 5.57 Å². The monoisotopic (exact) mass is 546 g/mol. The van der Waals surface area contributed by atoms with Crippen molar-refractivity contribution < 1.29 is 31.1 Å². The second-order valence-corrected chi connectivity index (χ2v) is 10.0. The van der Waals surface area contributed by atoms with Crippen LogP contribution in [-0.4, -0.2) is 6.61 Å². The predicted molar refractivity (Wildman–Crippen MR) is 141 cm³/mol. The van der Waals surface area contributed by atoms with Gasteiger partial charge in [0.05, 0.1) is 6.61 Å². The lowest BCUT2D eigenvalue weighted by Crippen LogP contribution is -2.16. The van der Waals surface area contributed by atoms with E-state index in [1.807, 2.05) is 6.92 Å². The molecule has 4 rings (SSSR count). The van der Waals surface area contributed by atoms with Gasteiger partial charge in [-0.2, -0.15) is 4.39 Å². The zero-order chi connectivity index (χ0) is 28.1. The number of hydrogen-bond donors (Lipinski definition) is 0. The summed E-state index contributed by atoms with van der Waals surface area (Å²) in [6.07, 6.45) is 6.73. The lowest BCUT2D eigenvalue weighted by Gasteiger charge is -2.23. The molecule has 7 heteroatoms. The number of ether oxygens (including phenoxy) is 1. The Bertz CT molecular complexity index is 1360. The maximum atomic E-state index is 15.1. The smallest absolute Gasteiger partial charge is 0.200 e. The number of allylic oxidation sites excluding steroid dienone is 2. The van der Waals surface area contributed by atoms with Crippen LogP contribution >= 0.6 is 0 Å². The number of rotatable bonds is 10. The third-order valence-electron chi connectivity index (χ3n) is 7.43. The van der Waals surface area contributed by atoms with Crippen LogP contribution in [0.5, 0.6) is 5.75 Å². The lowest BCUT2D eigenvalue weighted by molar-refractivity contribution is 0.228. The maximum Gasteiger partial charge on any atom is 0.200 e. The van der Waals surface area contributed by atoms with E-state index in [9.17, 15) is 22.0 Å². The van der Waals surface area contributed by atoms with E-state index in [1.54, 1.807) is 19.1 Å². The highest BCUT2D eigenvalue weighted by Crippen LogP contribution is 2.36. The van der Waals surface area contributed by atoms with Crippen LogP contribution in [0.4, 0.5) is 26.3 Å². The van der Waals surface area contributed by atoms with E-state index in [-0.39, 0.29) is 46.9 Å². The minimum absolute atomic E-state index is 0.0122. The molecule has 1 nitrogen and oxygen atoms in total. The summed E-state index contributed by atoms with van der Waals surface area (Å²) in [4.78, 5) is 0. The largest absolute Gasteiger partial charge is 0.490 e. The number of hydrogen-bond acceptors (Lipinski definition) is 1. The molecule has 0 radical (unpaired) electrons. The van der Waals surface area contributed by atoms with Gasteiger partial charge in [0.1, 0.15) is 0 Å². The zero-order valence-corrected chi connectivity index (χ0v) is 22.2. The van der Waals surface area contributed by atoms with E-state index in [2.05, 4.69) is 0 Å². The molecule has 0 fully saturated rings. The minimum atomic E-state index is -1.24. The van der Waals surface area contributed by atoms with Crippen LogP contribution < -0.4 is 4.74 Å². The standard InChI is InChI=1S/C32H32F6O/c1-3-5-6-7-22-13-17-26(32(38)28(22)34)39-18-19-8-10-21(11-9-19)23-15-16-25(31(37)29(23)35)24-14-12-20(4-2)27(33)30(24)36/h10,12-17,19H,3-9,11,18H2,1-2H3. The van der Waals surface area contributed by atoms with E-state index >= 15 is 4.39 Å². The van der Waals surface area contributed by atoms with Crippen molar-refractivity contribution in [2.45, 2.75) is 65.2 Å². The van der Waals surface area contributed by atoms with E-state index in [4.69, 9.17) is 4.74 Å². The van der Waals surface area contributed by atoms with Crippen LogP contribution in [0.25, 0.3) is 16.7 Å². The first-order valence-electron chi connectivity index (χ1n) is 13.5. The molecule has 1 aliphatic rings. The molecule has 1 atom stereocenters. The Kier molecular flexibility index (Phi) is 9.41. The molecule has 3 aromatic carbocycles. The second kappa shape index (κ2) is 12.8. The molecule has 1 aliphatic carbocycles. The van der Waals surface area contributed by atoms with Gasteiger partial charge in [-0.15, -0.1) is 0 Å². The lowest BCUT2D eigenvalue weighted by atomic mass is 9.86. The Morgan fingerprint density at radius 2 is 1.31 bits per heavy atom. The van der Waals surface area contributed by atoms with Gasteiger partial charge in [-0.25, -0.2) is 22.0 Å². The number of unbranched alkanes of at least 4 members (excludes halogenated alkanes) is 2. The normalized spacial score (nSPS) is 15.4. The Morgan fingerprint density at radius 1 is 0.692 bits per heavy atom. The average molecular weight is 547 g/mol. The molecule has 39 heavy (non-hydrogen) atoms. The molecule has 0 saturated carbocycles. The molecule has 0 aromatic heterocycles. The summed E-state index contributed by atoms with van der Waals surface area (Å²) in [6, 6.07) is 8.27. The van der Waals surface area contributed by atoms with Crippen molar-refractivity contribution in [1.82, 2.24) is 0 Å². The van der Waals surface area contributed by atoms with Gasteiger partial charge >= 0.3 is 0 Å². The highest BCUT2D eigenvalue weighted by Gasteiger charge is 2.24. The molecule has 0 aliphatic heterocycles. The summed E-state index contributed by atoms with van der Waals surface area (Å²) in [5, 5.41) is 0. The molecule has 3 aromatic rings. The SMILES string of the molecule is CCCCCc1ccc(OCC2CC=C(c3ccc(-c4ccc(CC)c(F)c4F)c(F)c3F)CC2)c(F)c1F. The number of aryl methyl sites for hydroxylation is 2. The minimum Gasteiger partial charge on any atom is -0.490 e. The van der Waals surface area contributed by atoms with Gasteiger partial charge in [-0.3, -0.25) is 0 Å². The van der Waals surface area contributed by atoms with Gasteiger partial charge in [0, 0.05) is 16.7 Å². The fourth-order valence-corrected chi connectivity index (χ4v) is 5.01. The van der Waals surface area contributed by atoms with E-state index in [0.717, 1.165) is 19.3 Å². The predicted octanol–water partition coefficient (Wildman–Crippen LogP) is 9.75. The van der Waals surface area contributed by atoms with Gasteiger partial charge < -0.3 is 4.74 Å². The van der Waals surface area contributed by atoms with Crippen LogP contribution in [-0.2, 0) is 12.8 Å². The van der Waals surface area contributed by atoms with Crippen molar-refractivity contribution in [1.29, 1.82) is 0 Å². The van der Waals surface area contributed by atoms with Crippen molar-refractivity contribution in [2.75, 3.05) is 6.61 Å². The van der Waals surface area contributed by atoms with Crippen molar-refractivity contribution in [3.05, 3.63) is 94.1 Å². The van der Waals surface area contributed by atoms with E-state index < -0.39 is 34.9 Å². The fraction of sp³-hybridized carbons (Fsp3) is 0.375. The average Bonchev–Trinajstić information content (AvgIpc) is 2.94. The van der Waals surface area contributed by atoms with Gasteiger partial charge in [-0.05, 0) is 67.2 Å². The first kappa shape index (κ1) is 28.8. The maximum absolute atomic E-state index is 15.1. The van der Waals surface area contributed by atoms with Crippen LogP contribution in [0.15, 0.2) is 42.5 Å². The summed E-state index contributed by atoms with van der Waals surface area (Å²) < 4.78 is 93.3. The topological polar surface area (TPSA) is 9.23 Å². The van der Waals surface area contributed by atoms with Crippen LogP contribution in [0, 0.1) is 40.8 Å². The molecule has 0 saturated heterocycles. The van der Waals surface area contributed by atoms with Crippen molar-refractivity contribution in [2.24, 2.45) is 5.92 Å². The molecule has 208 valence electrons. The first-order valence-corrected chi connectivity index (χ1v) is 13.5. The van der Waals surface area contributed by atoms with Crippen LogP contribution in [0.2, 0.25) is 0 Å². The van der Waals surface area contributed by atoms with Crippen LogP contribution in [0.3, 0.4) is 0 Å². The van der Waals surface area contributed by atoms with E-state index in [0.29, 0.717) is 36.8 Å². The van der Waals surface area contributed by atoms with Gasteiger partial charge in [0.15, 0.2) is 34.8 Å². The summed E-state index contributed by atoms with van der Waals surface area (Å²) in [6.45, 7) is 3.87. The highest BCUT2D eigenvalue weighted by atomic mass is 19.2. The Labute approximate surface area is 225 Å². The van der Waals surface area contributed by atoms with Gasteiger partial charge in [0.2, 0.25) is 5.82 Å². The zero-order valence-electron chi connectivity index (χ0n) is 22.2. The van der Waals surface area contributed by atoms with Crippen LogP contribution in [0.1, 0.15) is 69.1 Å². The second-order valence-electron chi connectivity index (χ2n) is 10.0. The Morgan fingerprint density at radius 3 is 1.97 bits per heavy atom. The molecular formula is C32H32F6O. The molecule has 0 N–H and O–H groups in total. The Hall–Kier alpha value is -3.22. The molecule has 0 spiro atoms. The third kappa shape index (κ3) is 6.18. The molecule has 0 heterocycles. The Balaban J connectivity index is 1.43. The van der Waals surface area contributed by atoms with Gasteiger partial charge in [-0.1, -0.05) is 63.1 Å². The number of halogens is 6. The third-order valence-corrected chi connectivity index (χ3v) is 7.43. The number of benzene rings is 3. The quantitative estimate of drug-likeness (QED) is 0.182. The fourth-order valence-electron chi connectivity index (χ4n) is 5.01. The molecular weight excluding hydrogens is 514 g/mol.